The van der Waals surface area contributed by atoms with Crippen LogP contribution in [0.4, 0.5) is 0 Å². The number of sulfone groups is 1. The van der Waals surface area contributed by atoms with E-state index in [0.717, 1.165) is 11.1 Å². The SMILES string of the molecule is Cc1ccc(S(=O)(=O)[C@H]2[C@H](CO)[C@@H]2c2ccc3c(c2)OCO3)cc1. The first-order chi connectivity index (χ1) is 11.5. The smallest absolute Gasteiger partial charge is 0.231 e. The minimum absolute atomic E-state index is 0.158. The Bertz CT molecular complexity index is 873. The van der Waals surface area contributed by atoms with E-state index in [9.17, 15) is 13.5 Å². The van der Waals surface area contributed by atoms with E-state index in [1.54, 1.807) is 30.3 Å². The summed E-state index contributed by atoms with van der Waals surface area (Å²) in [5, 5.41) is 9.03. The number of benzene rings is 2. The van der Waals surface area contributed by atoms with Crippen molar-refractivity contribution < 1.29 is 23.0 Å². The van der Waals surface area contributed by atoms with Gasteiger partial charge in [-0.25, -0.2) is 8.42 Å². The van der Waals surface area contributed by atoms with E-state index in [1.807, 2.05) is 19.1 Å². The predicted molar refractivity (Wildman–Crippen MR) is 88.0 cm³/mol. The van der Waals surface area contributed by atoms with Crippen molar-refractivity contribution in [2.45, 2.75) is 23.0 Å². The van der Waals surface area contributed by atoms with Crippen LogP contribution in [0.3, 0.4) is 0 Å². The standard InChI is InChI=1S/C18H18O5S/c1-11-2-5-13(6-3-11)24(20,21)18-14(9-19)17(18)12-4-7-15-16(8-12)23-10-22-15/h2-8,14,17-19H,9-10H2,1H3/t14-,17+,18+/m1/s1. The van der Waals surface area contributed by atoms with Crippen molar-refractivity contribution in [3.05, 3.63) is 53.6 Å². The molecule has 2 aromatic rings. The average Bonchev–Trinajstić information content (AvgIpc) is 3.15. The van der Waals surface area contributed by atoms with Gasteiger partial charge in [0, 0.05) is 18.4 Å². The molecule has 126 valence electrons. The molecular formula is C18H18O5S. The van der Waals surface area contributed by atoms with E-state index in [-0.39, 0.29) is 25.2 Å². The summed E-state index contributed by atoms with van der Waals surface area (Å²) in [6.45, 7) is 1.94. The van der Waals surface area contributed by atoms with Crippen LogP contribution < -0.4 is 9.47 Å². The molecule has 0 bridgehead atoms. The molecule has 4 rings (SSSR count). The molecule has 5 nitrogen and oxygen atoms in total. The Kier molecular flexibility index (Phi) is 3.54. The zero-order valence-electron chi connectivity index (χ0n) is 13.2. The Hall–Kier alpha value is -2.05. The van der Waals surface area contributed by atoms with Gasteiger partial charge in [0.05, 0.1) is 10.1 Å². The zero-order chi connectivity index (χ0) is 16.9. The Labute approximate surface area is 140 Å². The van der Waals surface area contributed by atoms with Crippen LogP contribution in [0.25, 0.3) is 0 Å². The van der Waals surface area contributed by atoms with Crippen LogP contribution in [0.15, 0.2) is 47.4 Å². The van der Waals surface area contributed by atoms with Crippen molar-refractivity contribution in [2.24, 2.45) is 5.92 Å². The van der Waals surface area contributed by atoms with Crippen LogP contribution in [-0.2, 0) is 9.84 Å². The fraction of sp³-hybridized carbons (Fsp3) is 0.333. The number of fused-ring (bicyclic) bond motifs is 1. The van der Waals surface area contributed by atoms with Gasteiger partial charge >= 0.3 is 0 Å². The van der Waals surface area contributed by atoms with Gasteiger partial charge < -0.3 is 14.6 Å². The normalized spacial score (nSPS) is 24.8. The summed E-state index contributed by atoms with van der Waals surface area (Å²) in [5.41, 5.74) is 1.87. The van der Waals surface area contributed by atoms with Gasteiger partial charge in [0.2, 0.25) is 6.79 Å². The number of aliphatic hydroxyl groups is 1. The molecule has 24 heavy (non-hydrogen) atoms. The van der Waals surface area contributed by atoms with Crippen molar-refractivity contribution >= 4 is 9.84 Å². The van der Waals surface area contributed by atoms with E-state index in [0.29, 0.717) is 16.4 Å². The second kappa shape index (κ2) is 5.50. The molecule has 6 heteroatoms. The third-order valence-electron chi connectivity index (χ3n) is 4.80. The van der Waals surface area contributed by atoms with Crippen LogP contribution in [-0.4, -0.2) is 32.2 Å². The molecule has 0 spiro atoms. The zero-order valence-corrected chi connectivity index (χ0v) is 14.0. The minimum atomic E-state index is -3.49. The van der Waals surface area contributed by atoms with Crippen LogP contribution in [0.2, 0.25) is 0 Å². The molecule has 0 unspecified atom stereocenters. The van der Waals surface area contributed by atoms with Gasteiger partial charge in [-0.1, -0.05) is 23.8 Å². The second-order valence-corrected chi connectivity index (χ2v) is 8.41. The molecular weight excluding hydrogens is 328 g/mol. The highest BCUT2D eigenvalue weighted by Crippen LogP contribution is 2.54. The molecule has 1 aliphatic carbocycles. The van der Waals surface area contributed by atoms with Crippen molar-refractivity contribution in [1.82, 2.24) is 0 Å². The minimum Gasteiger partial charge on any atom is -0.454 e. The molecule has 2 aliphatic rings. The first-order valence-corrected chi connectivity index (χ1v) is 9.38. The topological polar surface area (TPSA) is 72.8 Å². The number of aliphatic hydroxyl groups excluding tert-OH is 1. The first kappa shape index (κ1) is 15.5. The molecule has 1 fully saturated rings. The summed E-state index contributed by atoms with van der Waals surface area (Å²) in [6, 6.07) is 12.3. The molecule has 2 aromatic carbocycles. The van der Waals surface area contributed by atoms with Crippen molar-refractivity contribution in [3.63, 3.8) is 0 Å². The molecule has 1 saturated carbocycles. The fourth-order valence-electron chi connectivity index (χ4n) is 3.43. The molecule has 1 heterocycles. The molecule has 1 aliphatic heterocycles. The van der Waals surface area contributed by atoms with E-state index in [2.05, 4.69) is 0 Å². The number of aryl methyl sites for hydroxylation is 1. The molecule has 0 aromatic heterocycles. The van der Waals surface area contributed by atoms with Crippen LogP contribution in [0.5, 0.6) is 11.5 Å². The second-order valence-electron chi connectivity index (χ2n) is 6.31. The average molecular weight is 346 g/mol. The Morgan fingerprint density at radius 1 is 1.08 bits per heavy atom. The lowest BCUT2D eigenvalue weighted by Gasteiger charge is -2.05. The van der Waals surface area contributed by atoms with Gasteiger partial charge in [-0.3, -0.25) is 0 Å². The Balaban J connectivity index is 1.67. The number of hydrogen-bond acceptors (Lipinski definition) is 5. The number of rotatable bonds is 4. The van der Waals surface area contributed by atoms with Gasteiger partial charge in [-0.15, -0.1) is 0 Å². The van der Waals surface area contributed by atoms with Crippen LogP contribution >= 0.6 is 0 Å². The van der Waals surface area contributed by atoms with Crippen LogP contribution in [0.1, 0.15) is 17.0 Å². The highest BCUT2D eigenvalue weighted by atomic mass is 32.2. The van der Waals surface area contributed by atoms with E-state index in [1.165, 1.54) is 0 Å². The summed E-state index contributed by atoms with van der Waals surface area (Å²) >= 11 is 0. The largest absolute Gasteiger partial charge is 0.454 e. The van der Waals surface area contributed by atoms with E-state index >= 15 is 0 Å². The summed E-state index contributed by atoms with van der Waals surface area (Å²) in [7, 11) is -3.49. The Morgan fingerprint density at radius 2 is 1.79 bits per heavy atom. The lowest BCUT2D eigenvalue weighted by atomic mass is 10.1. The Morgan fingerprint density at radius 3 is 2.50 bits per heavy atom. The van der Waals surface area contributed by atoms with E-state index < -0.39 is 15.1 Å². The van der Waals surface area contributed by atoms with Gasteiger partial charge in [-0.2, -0.15) is 0 Å². The third-order valence-corrected chi connectivity index (χ3v) is 7.09. The number of ether oxygens (including phenoxy) is 2. The highest BCUT2D eigenvalue weighted by molar-refractivity contribution is 7.92. The van der Waals surface area contributed by atoms with Crippen molar-refractivity contribution in [1.29, 1.82) is 0 Å². The van der Waals surface area contributed by atoms with Crippen molar-refractivity contribution in [3.8, 4) is 11.5 Å². The first-order valence-electron chi connectivity index (χ1n) is 7.83. The predicted octanol–water partition coefficient (Wildman–Crippen LogP) is 2.27. The summed E-state index contributed by atoms with van der Waals surface area (Å²) in [6.07, 6.45) is 0. The van der Waals surface area contributed by atoms with Gasteiger partial charge in [-0.05, 0) is 36.8 Å². The molecule has 3 atom stereocenters. The quantitative estimate of drug-likeness (QED) is 0.919. The maximum atomic E-state index is 12.9. The van der Waals surface area contributed by atoms with Gasteiger partial charge in [0.25, 0.3) is 0 Å². The molecule has 0 saturated heterocycles. The fourth-order valence-corrected chi connectivity index (χ4v) is 5.62. The van der Waals surface area contributed by atoms with Crippen molar-refractivity contribution in [2.75, 3.05) is 13.4 Å². The maximum absolute atomic E-state index is 12.9. The highest BCUT2D eigenvalue weighted by Gasteiger charge is 2.58. The third kappa shape index (κ3) is 2.37. The molecule has 1 N–H and O–H groups in total. The van der Waals surface area contributed by atoms with Gasteiger partial charge in [0.15, 0.2) is 21.3 Å². The summed E-state index contributed by atoms with van der Waals surface area (Å²) in [5.74, 6) is 0.771. The summed E-state index contributed by atoms with van der Waals surface area (Å²) in [4.78, 5) is 0.305. The molecule has 0 radical (unpaired) electrons. The lowest BCUT2D eigenvalue weighted by molar-refractivity contribution is 0.174. The van der Waals surface area contributed by atoms with E-state index in [4.69, 9.17) is 9.47 Å². The number of hydrogen-bond donors (Lipinski definition) is 1. The van der Waals surface area contributed by atoms with Gasteiger partial charge in [0.1, 0.15) is 0 Å². The monoisotopic (exact) mass is 346 g/mol. The molecule has 0 amide bonds. The maximum Gasteiger partial charge on any atom is 0.231 e. The van der Waals surface area contributed by atoms with Crippen LogP contribution in [0, 0.1) is 12.8 Å². The summed E-state index contributed by atoms with van der Waals surface area (Å²) < 4.78 is 36.5. The lowest BCUT2D eigenvalue weighted by Crippen LogP contribution is -2.11.